The van der Waals surface area contributed by atoms with Gasteiger partial charge >= 0.3 is 0 Å². The van der Waals surface area contributed by atoms with Gasteiger partial charge in [0.2, 0.25) is 0 Å². The van der Waals surface area contributed by atoms with Crippen LogP contribution in [-0.4, -0.2) is 9.97 Å². The smallest absolute Gasteiger partial charge is 0.121 e. The topological polar surface area (TPSA) is 79.2 Å². The summed E-state index contributed by atoms with van der Waals surface area (Å²) in [5, 5.41) is 21.1. The van der Waals surface area contributed by atoms with Crippen molar-refractivity contribution in [3.05, 3.63) is 67.4 Å². The fourth-order valence-corrected chi connectivity index (χ4v) is 4.69. The van der Waals surface area contributed by atoms with Crippen LogP contribution in [0, 0.1) is 36.5 Å². The number of nitriles is 2. The van der Waals surface area contributed by atoms with Gasteiger partial charge in [-0.05, 0) is 60.4 Å². The van der Waals surface area contributed by atoms with Crippen LogP contribution >= 0.6 is 11.3 Å². The maximum atomic E-state index is 9.52. The number of H-pyrrole nitrogens is 2. The standard InChI is InChI=1S/C21H22N4S/c1-5-14-12(3)20(24-16(14)10-22)19(18-8-7-9-26-18)21-13(4)15(6-2)17(11-23)25-21/h7-9,19,24-25H,5-6H2,1-4H3. The number of nitrogens with zero attached hydrogens (tertiary/aromatic N) is 2. The molecule has 4 nitrogen and oxygen atoms in total. The summed E-state index contributed by atoms with van der Waals surface area (Å²) in [6, 6.07) is 8.76. The number of hydrogen-bond donors (Lipinski definition) is 2. The Balaban J connectivity index is 2.29. The minimum absolute atomic E-state index is 0.0326. The summed E-state index contributed by atoms with van der Waals surface area (Å²) in [7, 11) is 0. The van der Waals surface area contributed by atoms with Gasteiger partial charge in [0.05, 0.1) is 5.92 Å². The van der Waals surface area contributed by atoms with Gasteiger partial charge in [0.1, 0.15) is 23.5 Å². The SMILES string of the molecule is CCc1c(C#N)[nH]c(C(c2cccs2)c2[nH]c(C#N)c(CC)c2C)c1C. The Morgan fingerprint density at radius 1 is 0.962 bits per heavy atom. The van der Waals surface area contributed by atoms with Crippen LogP contribution in [0.4, 0.5) is 0 Å². The molecule has 0 bridgehead atoms. The summed E-state index contributed by atoms with van der Waals surface area (Å²) >= 11 is 1.69. The highest BCUT2D eigenvalue weighted by Crippen LogP contribution is 2.39. The third-order valence-electron chi connectivity index (χ3n) is 5.17. The van der Waals surface area contributed by atoms with Gasteiger partial charge in [0.15, 0.2) is 0 Å². The molecule has 0 aliphatic carbocycles. The van der Waals surface area contributed by atoms with Crippen LogP contribution in [0.3, 0.4) is 0 Å². The predicted octanol–water partition coefficient (Wildman–Crippen LogP) is 5.07. The average Bonchev–Trinajstić information content (AvgIpc) is 3.35. The van der Waals surface area contributed by atoms with Gasteiger partial charge in [0, 0.05) is 16.3 Å². The largest absolute Gasteiger partial charge is 0.349 e. The van der Waals surface area contributed by atoms with Crippen molar-refractivity contribution in [1.82, 2.24) is 9.97 Å². The Hall–Kier alpha value is -2.76. The minimum atomic E-state index is -0.0326. The lowest BCUT2D eigenvalue weighted by Crippen LogP contribution is -2.06. The van der Waals surface area contributed by atoms with Crippen LogP contribution in [-0.2, 0) is 12.8 Å². The number of rotatable bonds is 5. The zero-order chi connectivity index (χ0) is 18.8. The van der Waals surface area contributed by atoms with E-state index in [1.165, 1.54) is 4.88 Å². The summed E-state index contributed by atoms with van der Waals surface area (Å²) in [6.45, 7) is 8.31. The lowest BCUT2D eigenvalue weighted by atomic mass is 9.92. The average molecular weight is 363 g/mol. The molecule has 26 heavy (non-hydrogen) atoms. The van der Waals surface area contributed by atoms with Crippen LogP contribution in [0.25, 0.3) is 0 Å². The van der Waals surface area contributed by atoms with Crippen molar-refractivity contribution in [3.8, 4) is 12.1 Å². The van der Waals surface area contributed by atoms with Crippen molar-refractivity contribution < 1.29 is 0 Å². The first-order valence-corrected chi connectivity index (χ1v) is 9.71. The van der Waals surface area contributed by atoms with Crippen molar-refractivity contribution in [2.45, 2.75) is 46.5 Å². The van der Waals surface area contributed by atoms with Crippen molar-refractivity contribution in [2.24, 2.45) is 0 Å². The fraction of sp³-hybridized carbons (Fsp3) is 0.333. The molecule has 5 heteroatoms. The molecule has 0 unspecified atom stereocenters. The van der Waals surface area contributed by atoms with E-state index in [2.05, 4.69) is 61.2 Å². The van der Waals surface area contributed by atoms with Crippen molar-refractivity contribution in [2.75, 3.05) is 0 Å². The summed E-state index contributed by atoms with van der Waals surface area (Å²) < 4.78 is 0. The van der Waals surface area contributed by atoms with E-state index in [1.807, 2.05) is 6.07 Å². The maximum absolute atomic E-state index is 9.52. The first-order chi connectivity index (χ1) is 12.6. The fourth-order valence-electron chi connectivity index (χ4n) is 3.84. The zero-order valence-electron chi connectivity index (χ0n) is 15.5. The molecule has 2 N–H and O–H groups in total. The molecule has 0 fully saturated rings. The zero-order valence-corrected chi connectivity index (χ0v) is 16.3. The Kier molecular flexibility index (Phi) is 5.02. The molecule has 132 valence electrons. The monoisotopic (exact) mass is 362 g/mol. The lowest BCUT2D eigenvalue weighted by Gasteiger charge is -2.16. The third-order valence-corrected chi connectivity index (χ3v) is 6.11. The van der Waals surface area contributed by atoms with E-state index >= 15 is 0 Å². The summed E-state index contributed by atoms with van der Waals surface area (Å²) in [5.41, 5.74) is 7.77. The van der Waals surface area contributed by atoms with Crippen LogP contribution in [0.2, 0.25) is 0 Å². The van der Waals surface area contributed by atoms with E-state index in [0.717, 1.165) is 46.5 Å². The molecule has 3 rings (SSSR count). The molecule has 0 spiro atoms. The molecule has 3 heterocycles. The molecule has 3 aromatic rings. The molecular formula is C21H22N4S. The Labute approximate surface area is 158 Å². The number of nitrogens with one attached hydrogen (secondary N) is 2. The van der Waals surface area contributed by atoms with Gasteiger partial charge in [-0.1, -0.05) is 19.9 Å². The second-order valence-electron chi connectivity index (χ2n) is 6.41. The second kappa shape index (κ2) is 7.23. The minimum Gasteiger partial charge on any atom is -0.349 e. The van der Waals surface area contributed by atoms with Gasteiger partial charge in [-0.15, -0.1) is 11.3 Å². The molecular weight excluding hydrogens is 340 g/mol. The summed E-state index contributed by atoms with van der Waals surface area (Å²) in [6.07, 6.45) is 1.63. The first kappa shape index (κ1) is 18.0. The van der Waals surface area contributed by atoms with Gasteiger partial charge in [-0.2, -0.15) is 10.5 Å². The molecule has 0 saturated heterocycles. The van der Waals surface area contributed by atoms with E-state index in [-0.39, 0.29) is 5.92 Å². The number of aromatic amines is 2. The summed E-state index contributed by atoms with van der Waals surface area (Å²) in [5.74, 6) is -0.0326. The Morgan fingerprint density at radius 3 is 1.77 bits per heavy atom. The number of aromatic nitrogens is 2. The van der Waals surface area contributed by atoms with Crippen molar-refractivity contribution in [1.29, 1.82) is 10.5 Å². The van der Waals surface area contributed by atoms with E-state index in [0.29, 0.717) is 11.4 Å². The third kappa shape index (κ3) is 2.75. The van der Waals surface area contributed by atoms with Gasteiger partial charge in [-0.25, -0.2) is 0 Å². The van der Waals surface area contributed by atoms with Gasteiger partial charge < -0.3 is 9.97 Å². The molecule has 0 saturated carbocycles. The number of hydrogen-bond acceptors (Lipinski definition) is 3. The Morgan fingerprint density at radius 2 is 1.46 bits per heavy atom. The van der Waals surface area contributed by atoms with Crippen LogP contribution in [0.1, 0.15) is 69.7 Å². The second-order valence-corrected chi connectivity index (χ2v) is 7.39. The van der Waals surface area contributed by atoms with E-state index in [4.69, 9.17) is 0 Å². The van der Waals surface area contributed by atoms with Crippen molar-refractivity contribution in [3.63, 3.8) is 0 Å². The normalized spacial score (nSPS) is 10.9. The highest BCUT2D eigenvalue weighted by atomic mass is 32.1. The maximum Gasteiger partial charge on any atom is 0.121 e. The highest BCUT2D eigenvalue weighted by molar-refractivity contribution is 7.10. The van der Waals surface area contributed by atoms with Crippen LogP contribution < -0.4 is 0 Å². The van der Waals surface area contributed by atoms with Gasteiger partial charge in [-0.3, -0.25) is 0 Å². The quantitative estimate of drug-likeness (QED) is 0.664. The summed E-state index contributed by atoms with van der Waals surface area (Å²) in [4.78, 5) is 7.94. The van der Waals surface area contributed by atoms with Crippen molar-refractivity contribution >= 4 is 11.3 Å². The van der Waals surface area contributed by atoms with Gasteiger partial charge in [0.25, 0.3) is 0 Å². The number of thiophene rings is 1. The van der Waals surface area contributed by atoms with Crippen LogP contribution in [0.5, 0.6) is 0 Å². The lowest BCUT2D eigenvalue weighted by molar-refractivity contribution is 0.891. The predicted molar refractivity (Wildman–Crippen MR) is 105 cm³/mol. The molecule has 3 aromatic heterocycles. The molecule has 0 amide bonds. The van der Waals surface area contributed by atoms with E-state index in [9.17, 15) is 10.5 Å². The highest BCUT2D eigenvalue weighted by Gasteiger charge is 2.28. The first-order valence-electron chi connectivity index (χ1n) is 8.83. The molecule has 0 aliphatic heterocycles. The molecule has 0 aliphatic rings. The van der Waals surface area contributed by atoms with Crippen LogP contribution in [0.15, 0.2) is 17.5 Å². The van der Waals surface area contributed by atoms with E-state index < -0.39 is 0 Å². The molecule has 0 radical (unpaired) electrons. The Bertz CT molecular complexity index is 940. The molecule has 0 atom stereocenters. The molecule has 0 aromatic carbocycles. The van der Waals surface area contributed by atoms with E-state index in [1.54, 1.807) is 11.3 Å².